The smallest absolute Gasteiger partial charge is 0.180 e. The van der Waals surface area contributed by atoms with Gasteiger partial charge in [0.05, 0.1) is 19.1 Å². The standard InChI is InChI=1S/C13H15N5O/c1-19-10-9-18(8-2-5-14)12-4-3-11-13(17-12)16-7-6-15-11/h3-4,6-7H,2,8-10H2,1H3. The summed E-state index contributed by atoms with van der Waals surface area (Å²) >= 11 is 0. The molecule has 2 rings (SSSR count). The van der Waals surface area contributed by atoms with Gasteiger partial charge in [0, 0.05) is 32.6 Å². The minimum absolute atomic E-state index is 0.448. The quantitative estimate of drug-likeness (QED) is 0.778. The van der Waals surface area contributed by atoms with Crippen molar-refractivity contribution in [3.63, 3.8) is 0 Å². The number of fused-ring (bicyclic) bond motifs is 1. The zero-order chi connectivity index (χ0) is 13.5. The normalized spacial score (nSPS) is 10.3. The Labute approximate surface area is 111 Å². The Bertz CT molecular complexity index is 581. The zero-order valence-electron chi connectivity index (χ0n) is 10.8. The van der Waals surface area contributed by atoms with Gasteiger partial charge in [-0.25, -0.2) is 9.97 Å². The molecular formula is C13H15N5O. The molecule has 2 aromatic rings. The van der Waals surface area contributed by atoms with Gasteiger partial charge in [-0.3, -0.25) is 4.98 Å². The lowest BCUT2D eigenvalue weighted by atomic mass is 10.3. The number of ether oxygens (including phenoxy) is 1. The SMILES string of the molecule is COCCN(CCC#N)c1ccc2nccnc2n1. The molecule has 6 heteroatoms. The molecule has 0 radical (unpaired) electrons. The van der Waals surface area contributed by atoms with Crippen LogP contribution in [0.5, 0.6) is 0 Å². The average molecular weight is 257 g/mol. The van der Waals surface area contributed by atoms with Gasteiger partial charge in [0.2, 0.25) is 0 Å². The fourth-order valence-electron chi connectivity index (χ4n) is 1.75. The molecule has 98 valence electrons. The Morgan fingerprint density at radius 1 is 1.26 bits per heavy atom. The maximum absolute atomic E-state index is 8.71. The van der Waals surface area contributed by atoms with E-state index < -0.39 is 0 Å². The molecule has 0 saturated carbocycles. The molecule has 0 aromatic carbocycles. The first-order valence-electron chi connectivity index (χ1n) is 6.03. The van der Waals surface area contributed by atoms with E-state index >= 15 is 0 Å². The minimum atomic E-state index is 0.448. The van der Waals surface area contributed by atoms with Gasteiger partial charge in [0.15, 0.2) is 5.65 Å². The summed E-state index contributed by atoms with van der Waals surface area (Å²) < 4.78 is 5.08. The third-order valence-electron chi connectivity index (χ3n) is 2.70. The van der Waals surface area contributed by atoms with Crippen molar-refractivity contribution in [1.29, 1.82) is 5.26 Å². The van der Waals surface area contributed by atoms with Crippen LogP contribution in [0.1, 0.15) is 6.42 Å². The van der Waals surface area contributed by atoms with E-state index in [1.54, 1.807) is 19.5 Å². The van der Waals surface area contributed by atoms with Gasteiger partial charge < -0.3 is 9.64 Å². The maximum atomic E-state index is 8.71. The maximum Gasteiger partial charge on any atom is 0.180 e. The monoisotopic (exact) mass is 257 g/mol. The van der Waals surface area contributed by atoms with E-state index in [0.717, 1.165) is 11.3 Å². The second-order valence-electron chi connectivity index (χ2n) is 3.96. The number of hydrogen-bond acceptors (Lipinski definition) is 6. The fraction of sp³-hybridized carbons (Fsp3) is 0.385. The molecule has 0 saturated heterocycles. The highest BCUT2D eigenvalue weighted by atomic mass is 16.5. The van der Waals surface area contributed by atoms with E-state index in [1.807, 2.05) is 17.0 Å². The van der Waals surface area contributed by atoms with E-state index in [0.29, 0.717) is 31.8 Å². The van der Waals surface area contributed by atoms with E-state index in [-0.39, 0.29) is 0 Å². The van der Waals surface area contributed by atoms with Crippen LogP contribution in [-0.4, -0.2) is 41.8 Å². The Morgan fingerprint density at radius 3 is 2.89 bits per heavy atom. The minimum Gasteiger partial charge on any atom is -0.383 e. The number of hydrogen-bond donors (Lipinski definition) is 0. The molecule has 0 unspecified atom stereocenters. The molecule has 0 bridgehead atoms. The predicted molar refractivity (Wildman–Crippen MR) is 71.7 cm³/mol. The van der Waals surface area contributed by atoms with Crippen molar-refractivity contribution in [2.45, 2.75) is 6.42 Å². The zero-order valence-corrected chi connectivity index (χ0v) is 10.8. The average Bonchev–Trinajstić information content (AvgIpc) is 2.47. The van der Waals surface area contributed by atoms with Crippen LogP contribution >= 0.6 is 0 Å². The van der Waals surface area contributed by atoms with E-state index in [4.69, 9.17) is 10.00 Å². The van der Waals surface area contributed by atoms with Gasteiger partial charge in [-0.15, -0.1) is 0 Å². The van der Waals surface area contributed by atoms with Crippen molar-refractivity contribution in [2.75, 3.05) is 31.7 Å². The fourth-order valence-corrected chi connectivity index (χ4v) is 1.75. The van der Waals surface area contributed by atoms with Crippen molar-refractivity contribution in [3.8, 4) is 6.07 Å². The third-order valence-corrected chi connectivity index (χ3v) is 2.70. The van der Waals surface area contributed by atoms with Crippen LogP contribution in [0, 0.1) is 11.3 Å². The second-order valence-corrected chi connectivity index (χ2v) is 3.96. The number of nitriles is 1. The summed E-state index contributed by atoms with van der Waals surface area (Å²) in [4.78, 5) is 14.9. The number of pyridine rings is 1. The lowest BCUT2D eigenvalue weighted by molar-refractivity contribution is 0.205. The third kappa shape index (κ3) is 3.36. The van der Waals surface area contributed by atoms with Crippen molar-refractivity contribution < 1.29 is 4.74 Å². The molecule has 0 aliphatic heterocycles. The van der Waals surface area contributed by atoms with Crippen LogP contribution in [0.3, 0.4) is 0 Å². The Balaban J connectivity index is 2.24. The molecule has 0 spiro atoms. The van der Waals surface area contributed by atoms with E-state index in [9.17, 15) is 0 Å². The van der Waals surface area contributed by atoms with Gasteiger partial charge in [-0.05, 0) is 12.1 Å². The van der Waals surface area contributed by atoms with Crippen molar-refractivity contribution in [1.82, 2.24) is 15.0 Å². The topological polar surface area (TPSA) is 74.9 Å². The van der Waals surface area contributed by atoms with E-state index in [2.05, 4.69) is 21.0 Å². The highest BCUT2D eigenvalue weighted by molar-refractivity contribution is 5.71. The highest BCUT2D eigenvalue weighted by Crippen LogP contribution is 2.15. The van der Waals surface area contributed by atoms with Crippen LogP contribution in [-0.2, 0) is 4.74 Å². The summed E-state index contributed by atoms with van der Waals surface area (Å²) in [5.74, 6) is 0.792. The summed E-state index contributed by atoms with van der Waals surface area (Å²) in [6.45, 7) is 1.90. The number of anilines is 1. The highest BCUT2D eigenvalue weighted by Gasteiger charge is 2.09. The van der Waals surface area contributed by atoms with Crippen LogP contribution < -0.4 is 4.90 Å². The van der Waals surface area contributed by atoms with Gasteiger partial charge in [0.1, 0.15) is 11.3 Å². The molecule has 0 N–H and O–H groups in total. The van der Waals surface area contributed by atoms with Crippen LogP contribution in [0.15, 0.2) is 24.5 Å². The molecule has 0 aliphatic carbocycles. The summed E-state index contributed by atoms with van der Waals surface area (Å²) in [6.07, 6.45) is 3.71. The Kier molecular flexibility index (Phi) is 4.59. The van der Waals surface area contributed by atoms with Gasteiger partial charge in [-0.1, -0.05) is 0 Å². The molecule has 2 aromatic heterocycles. The molecule has 6 nitrogen and oxygen atoms in total. The summed E-state index contributed by atoms with van der Waals surface area (Å²) in [5, 5.41) is 8.71. The van der Waals surface area contributed by atoms with Crippen LogP contribution in [0.2, 0.25) is 0 Å². The molecular weight excluding hydrogens is 242 g/mol. The molecule has 2 heterocycles. The molecule has 0 amide bonds. The van der Waals surface area contributed by atoms with Crippen LogP contribution in [0.25, 0.3) is 11.2 Å². The number of aromatic nitrogens is 3. The summed E-state index contributed by atoms with van der Waals surface area (Å²) in [6, 6.07) is 5.92. The molecule has 0 fully saturated rings. The van der Waals surface area contributed by atoms with Gasteiger partial charge in [-0.2, -0.15) is 5.26 Å². The first kappa shape index (κ1) is 13.2. The van der Waals surface area contributed by atoms with Gasteiger partial charge >= 0.3 is 0 Å². The van der Waals surface area contributed by atoms with Gasteiger partial charge in [0.25, 0.3) is 0 Å². The molecule has 0 aliphatic rings. The first-order chi connectivity index (χ1) is 9.35. The molecule has 19 heavy (non-hydrogen) atoms. The van der Waals surface area contributed by atoms with Crippen molar-refractivity contribution in [2.24, 2.45) is 0 Å². The van der Waals surface area contributed by atoms with Crippen LogP contribution in [0.4, 0.5) is 5.82 Å². The Hall–Kier alpha value is -2.26. The van der Waals surface area contributed by atoms with E-state index in [1.165, 1.54) is 0 Å². The first-order valence-corrected chi connectivity index (χ1v) is 6.03. The second kappa shape index (κ2) is 6.61. The number of nitrogens with zero attached hydrogens (tertiary/aromatic N) is 5. The summed E-state index contributed by atoms with van der Waals surface area (Å²) in [5.41, 5.74) is 1.37. The largest absolute Gasteiger partial charge is 0.383 e. The predicted octanol–water partition coefficient (Wildman–Crippen LogP) is 1.39. The number of rotatable bonds is 6. The van der Waals surface area contributed by atoms with Crippen molar-refractivity contribution in [3.05, 3.63) is 24.5 Å². The van der Waals surface area contributed by atoms with Crippen molar-refractivity contribution >= 4 is 17.0 Å². The molecule has 0 atom stereocenters. The lowest BCUT2D eigenvalue weighted by Crippen LogP contribution is -2.29. The number of methoxy groups -OCH3 is 1. The lowest BCUT2D eigenvalue weighted by Gasteiger charge is -2.22. The summed E-state index contributed by atoms with van der Waals surface area (Å²) in [7, 11) is 1.65. The Morgan fingerprint density at radius 2 is 2.11 bits per heavy atom.